The summed E-state index contributed by atoms with van der Waals surface area (Å²) in [7, 11) is 3.29. The van der Waals surface area contributed by atoms with E-state index in [1.54, 1.807) is 26.5 Å². The molecule has 0 unspecified atom stereocenters. The zero-order valence-corrected chi connectivity index (χ0v) is 35.6. The van der Waals surface area contributed by atoms with Gasteiger partial charge in [0.1, 0.15) is 24.3 Å². The molecule has 0 aliphatic rings. The summed E-state index contributed by atoms with van der Waals surface area (Å²) >= 11 is 0. The Kier molecular flexibility index (Phi) is 18.5. The lowest BCUT2D eigenvalue weighted by Gasteiger charge is -2.35. The molecular weight excluding hydrogens is 761 g/mol. The number of benzene rings is 2. The van der Waals surface area contributed by atoms with E-state index in [4.69, 9.17) is 0 Å². The van der Waals surface area contributed by atoms with Crippen LogP contribution in [0.5, 0.6) is 0 Å². The molecular formula is C46H62N8O6. The standard InChI is InChI=1S/C46H62N8O6/c1-31(2)39(51-45(59)53(5)27-23-35-21-13-15-25-47-35)43(57)49-37(29-33-17-9-7-10-18-33)41(55)42(56)38(30-34-19-11-8-12-20-34)50-44(58)40(32(3)4)52-46(60)54(6)28-24-36-22-14-16-26-48-36/h7-22,25-26,31-32,37-42,55-56H,23-24,27-30H2,1-6H3,(H,49,57)(H,50,58)(H,51,59)(H,52,60)/t37-,38-,39-,40+,41+,42+/m0/s1. The number of amides is 6. The first-order chi connectivity index (χ1) is 28.7. The van der Waals surface area contributed by atoms with Crippen molar-refractivity contribution in [2.24, 2.45) is 11.8 Å². The van der Waals surface area contributed by atoms with Gasteiger partial charge >= 0.3 is 12.1 Å². The van der Waals surface area contributed by atoms with E-state index < -0.39 is 60.3 Å². The maximum atomic E-state index is 14.1. The highest BCUT2D eigenvalue weighted by Crippen LogP contribution is 2.17. The Morgan fingerprint density at radius 3 is 1.20 bits per heavy atom. The van der Waals surface area contributed by atoms with Crippen LogP contribution in [-0.2, 0) is 35.3 Å². The van der Waals surface area contributed by atoms with Gasteiger partial charge in [0.2, 0.25) is 11.8 Å². The van der Waals surface area contributed by atoms with Gasteiger partial charge in [-0.25, -0.2) is 9.59 Å². The average molecular weight is 823 g/mol. The number of hydrogen-bond acceptors (Lipinski definition) is 8. The molecule has 14 nitrogen and oxygen atoms in total. The van der Waals surface area contributed by atoms with Gasteiger partial charge in [0.05, 0.1) is 12.1 Å². The van der Waals surface area contributed by atoms with E-state index in [0.29, 0.717) is 25.9 Å². The molecule has 60 heavy (non-hydrogen) atoms. The minimum Gasteiger partial charge on any atom is -0.388 e. The number of urea groups is 2. The van der Waals surface area contributed by atoms with E-state index in [2.05, 4.69) is 31.2 Å². The van der Waals surface area contributed by atoms with Crippen molar-refractivity contribution in [1.82, 2.24) is 41.0 Å². The van der Waals surface area contributed by atoms with E-state index >= 15 is 0 Å². The highest BCUT2D eigenvalue weighted by atomic mass is 16.3. The number of rotatable bonds is 21. The number of nitrogens with one attached hydrogen (secondary N) is 4. The lowest BCUT2D eigenvalue weighted by Crippen LogP contribution is -2.62. The maximum Gasteiger partial charge on any atom is 0.317 e. The van der Waals surface area contributed by atoms with Crippen LogP contribution in [0, 0.1) is 11.8 Å². The number of aliphatic hydroxyl groups excluding tert-OH is 2. The molecule has 0 saturated carbocycles. The number of nitrogens with zero attached hydrogens (tertiary/aromatic N) is 4. The molecule has 0 saturated heterocycles. The molecule has 2 aromatic carbocycles. The quantitative estimate of drug-likeness (QED) is 0.0733. The average Bonchev–Trinajstić information content (AvgIpc) is 3.25. The molecule has 6 atom stereocenters. The second-order valence-corrected chi connectivity index (χ2v) is 15.9. The predicted octanol–water partition coefficient (Wildman–Crippen LogP) is 3.77. The largest absolute Gasteiger partial charge is 0.388 e. The van der Waals surface area contributed by atoms with Crippen LogP contribution in [0.25, 0.3) is 0 Å². The van der Waals surface area contributed by atoms with Gasteiger partial charge in [0.15, 0.2) is 0 Å². The number of aromatic nitrogens is 2. The summed E-state index contributed by atoms with van der Waals surface area (Å²) in [6.45, 7) is 7.98. The fourth-order valence-corrected chi connectivity index (χ4v) is 6.69. The minimum absolute atomic E-state index is 0.134. The summed E-state index contributed by atoms with van der Waals surface area (Å²) in [6, 6.07) is 24.7. The van der Waals surface area contributed by atoms with Gasteiger partial charge in [0, 0.05) is 63.8 Å². The van der Waals surface area contributed by atoms with E-state index in [1.165, 1.54) is 9.80 Å². The monoisotopic (exact) mass is 822 g/mol. The first-order valence-corrected chi connectivity index (χ1v) is 20.6. The fraction of sp³-hybridized carbons (Fsp3) is 0.435. The molecule has 6 N–H and O–H groups in total. The zero-order chi connectivity index (χ0) is 43.6. The normalized spacial score (nSPS) is 14.2. The third kappa shape index (κ3) is 14.8. The molecule has 6 amide bonds. The molecule has 0 spiro atoms. The number of pyridine rings is 2. The topological polar surface area (TPSA) is 189 Å². The minimum atomic E-state index is -1.59. The van der Waals surface area contributed by atoms with E-state index in [9.17, 15) is 29.4 Å². The van der Waals surface area contributed by atoms with Crippen LogP contribution in [0.3, 0.4) is 0 Å². The summed E-state index contributed by atoms with van der Waals surface area (Å²) in [5, 5.41) is 35.6. The molecule has 14 heteroatoms. The lowest BCUT2D eigenvalue weighted by atomic mass is 9.90. The summed E-state index contributed by atoms with van der Waals surface area (Å²) in [5.74, 6) is -1.75. The summed E-state index contributed by atoms with van der Waals surface area (Å²) in [6.07, 6.45) is 1.54. The molecule has 0 aliphatic carbocycles. The van der Waals surface area contributed by atoms with Crippen molar-refractivity contribution in [1.29, 1.82) is 0 Å². The Balaban J connectivity index is 1.52. The van der Waals surface area contributed by atoms with E-state index in [0.717, 1.165) is 22.5 Å². The number of carbonyl (C=O) groups is 4. The van der Waals surface area contributed by atoms with E-state index in [1.807, 2.05) is 125 Å². The van der Waals surface area contributed by atoms with Gasteiger partial charge in [-0.3, -0.25) is 19.6 Å². The molecule has 0 fully saturated rings. The lowest BCUT2D eigenvalue weighted by molar-refractivity contribution is -0.129. The van der Waals surface area contributed by atoms with Crippen LogP contribution in [-0.4, -0.2) is 117 Å². The molecule has 322 valence electrons. The van der Waals surface area contributed by atoms with Crippen molar-refractivity contribution in [3.8, 4) is 0 Å². The van der Waals surface area contributed by atoms with Gasteiger partial charge in [-0.1, -0.05) is 100 Å². The van der Waals surface area contributed by atoms with Crippen LogP contribution < -0.4 is 21.3 Å². The molecule has 4 aromatic rings. The van der Waals surface area contributed by atoms with Gasteiger partial charge in [-0.2, -0.15) is 0 Å². The summed E-state index contributed by atoms with van der Waals surface area (Å²) in [4.78, 5) is 66.4. The van der Waals surface area contributed by atoms with Crippen LogP contribution >= 0.6 is 0 Å². The maximum absolute atomic E-state index is 14.1. The SMILES string of the molecule is CC(C)[C@H](NC(=O)N(C)CCc1ccccn1)C(=O)N[C@@H](Cc1ccccc1)[C@@H](O)[C@H](O)[C@H](Cc1ccccc1)NC(=O)[C@H](NC(=O)N(C)CCc1ccccn1)C(C)C. The molecule has 0 radical (unpaired) electrons. The van der Waals surface area contributed by atoms with Crippen molar-refractivity contribution < 1.29 is 29.4 Å². The first-order valence-electron chi connectivity index (χ1n) is 20.6. The van der Waals surface area contributed by atoms with Gasteiger partial charge in [-0.05, 0) is 60.1 Å². The molecule has 0 aliphatic heterocycles. The first kappa shape index (κ1) is 46.8. The molecule has 2 aromatic heterocycles. The van der Waals surface area contributed by atoms with Crippen molar-refractivity contribution in [2.45, 2.75) is 89.8 Å². The van der Waals surface area contributed by atoms with Gasteiger partial charge in [0.25, 0.3) is 0 Å². The smallest absolute Gasteiger partial charge is 0.317 e. The summed E-state index contributed by atoms with van der Waals surface area (Å²) < 4.78 is 0. The number of carbonyl (C=O) groups excluding carboxylic acids is 4. The summed E-state index contributed by atoms with van der Waals surface area (Å²) in [5.41, 5.74) is 3.23. The third-order valence-corrected chi connectivity index (χ3v) is 10.4. The number of hydrogen-bond donors (Lipinski definition) is 6. The third-order valence-electron chi connectivity index (χ3n) is 10.4. The Bertz CT molecular complexity index is 1770. The molecule has 2 heterocycles. The second kappa shape index (κ2) is 23.7. The van der Waals surface area contributed by atoms with Crippen LogP contribution in [0.15, 0.2) is 109 Å². The van der Waals surface area contributed by atoms with Crippen molar-refractivity contribution >= 4 is 23.9 Å². The van der Waals surface area contributed by atoms with Crippen LogP contribution in [0.2, 0.25) is 0 Å². The Morgan fingerprint density at radius 1 is 0.533 bits per heavy atom. The van der Waals surface area contributed by atoms with Gasteiger partial charge in [-0.15, -0.1) is 0 Å². The van der Waals surface area contributed by atoms with Crippen molar-refractivity contribution in [2.75, 3.05) is 27.2 Å². The highest BCUT2D eigenvalue weighted by molar-refractivity contribution is 5.88. The van der Waals surface area contributed by atoms with Crippen LogP contribution in [0.1, 0.15) is 50.2 Å². The Morgan fingerprint density at radius 2 is 0.883 bits per heavy atom. The van der Waals surface area contributed by atoms with Crippen molar-refractivity contribution in [3.05, 3.63) is 132 Å². The van der Waals surface area contributed by atoms with Crippen LogP contribution in [0.4, 0.5) is 9.59 Å². The second-order valence-electron chi connectivity index (χ2n) is 15.9. The zero-order valence-electron chi connectivity index (χ0n) is 35.6. The number of likely N-dealkylation sites (N-methyl/N-ethyl adjacent to an activating group) is 2. The Labute approximate surface area is 354 Å². The predicted molar refractivity (Wildman–Crippen MR) is 232 cm³/mol. The fourth-order valence-electron chi connectivity index (χ4n) is 6.69. The van der Waals surface area contributed by atoms with Gasteiger partial charge < -0.3 is 41.3 Å². The van der Waals surface area contributed by atoms with Crippen molar-refractivity contribution in [3.63, 3.8) is 0 Å². The molecule has 0 bridgehead atoms. The van der Waals surface area contributed by atoms with E-state index in [-0.39, 0.29) is 24.7 Å². The number of aliphatic hydroxyl groups is 2. The highest BCUT2D eigenvalue weighted by Gasteiger charge is 2.38. The Hall–Kier alpha value is -5.86. The molecule has 4 rings (SSSR count).